The molecule has 2 N–H and O–H groups in total. The standard InChI is InChI=1S/C15H22N2O3/c1-5-20-14(19)11-8-6-7-9-12(11)17-13(18)10-16-15(2,3)4/h6-9,16H,5,10H2,1-4H3,(H,17,18). The summed E-state index contributed by atoms with van der Waals surface area (Å²) in [5.41, 5.74) is 0.683. The first-order chi connectivity index (χ1) is 9.33. The number of para-hydroxylation sites is 1. The molecule has 0 aliphatic rings. The van der Waals surface area contributed by atoms with E-state index in [4.69, 9.17) is 4.74 Å². The molecule has 1 aromatic rings. The molecule has 0 spiro atoms. The monoisotopic (exact) mass is 278 g/mol. The van der Waals surface area contributed by atoms with Crippen LogP contribution in [0.25, 0.3) is 0 Å². The Kier molecular flexibility index (Phi) is 5.70. The first-order valence-electron chi connectivity index (χ1n) is 6.64. The van der Waals surface area contributed by atoms with Gasteiger partial charge in [0, 0.05) is 5.54 Å². The lowest BCUT2D eigenvalue weighted by molar-refractivity contribution is -0.115. The smallest absolute Gasteiger partial charge is 0.340 e. The van der Waals surface area contributed by atoms with Crippen LogP contribution in [0.15, 0.2) is 24.3 Å². The van der Waals surface area contributed by atoms with Crippen LogP contribution in [0.4, 0.5) is 5.69 Å². The number of amides is 1. The maximum Gasteiger partial charge on any atom is 0.340 e. The Morgan fingerprint density at radius 2 is 1.85 bits per heavy atom. The number of hydrogen-bond acceptors (Lipinski definition) is 4. The molecule has 1 aromatic carbocycles. The van der Waals surface area contributed by atoms with E-state index in [9.17, 15) is 9.59 Å². The zero-order valence-corrected chi connectivity index (χ0v) is 12.4. The van der Waals surface area contributed by atoms with Crippen molar-refractivity contribution in [1.29, 1.82) is 0 Å². The van der Waals surface area contributed by atoms with Gasteiger partial charge in [0.1, 0.15) is 0 Å². The van der Waals surface area contributed by atoms with Crippen molar-refractivity contribution in [3.05, 3.63) is 29.8 Å². The molecule has 0 heterocycles. The van der Waals surface area contributed by atoms with Gasteiger partial charge in [-0.3, -0.25) is 4.79 Å². The van der Waals surface area contributed by atoms with E-state index in [1.54, 1.807) is 31.2 Å². The van der Waals surface area contributed by atoms with Crippen molar-refractivity contribution in [3.63, 3.8) is 0 Å². The minimum absolute atomic E-state index is 0.141. The van der Waals surface area contributed by atoms with Gasteiger partial charge in [-0.1, -0.05) is 12.1 Å². The summed E-state index contributed by atoms with van der Waals surface area (Å²) >= 11 is 0. The zero-order valence-electron chi connectivity index (χ0n) is 12.4. The van der Waals surface area contributed by atoms with Gasteiger partial charge in [0.05, 0.1) is 24.4 Å². The molecule has 5 nitrogen and oxygen atoms in total. The molecular formula is C15H22N2O3. The number of benzene rings is 1. The summed E-state index contributed by atoms with van der Waals surface area (Å²) in [5.74, 6) is -0.635. The maximum absolute atomic E-state index is 11.9. The van der Waals surface area contributed by atoms with Gasteiger partial charge in [0.15, 0.2) is 0 Å². The van der Waals surface area contributed by atoms with E-state index in [-0.39, 0.29) is 18.0 Å². The second-order valence-corrected chi connectivity index (χ2v) is 5.42. The molecule has 0 fully saturated rings. The van der Waals surface area contributed by atoms with Gasteiger partial charge in [0.2, 0.25) is 5.91 Å². The molecule has 20 heavy (non-hydrogen) atoms. The van der Waals surface area contributed by atoms with E-state index >= 15 is 0 Å². The Labute approximate surface area is 119 Å². The molecule has 0 radical (unpaired) electrons. The van der Waals surface area contributed by atoms with Gasteiger partial charge in [0.25, 0.3) is 0 Å². The Hall–Kier alpha value is -1.88. The average molecular weight is 278 g/mol. The summed E-state index contributed by atoms with van der Waals surface area (Å²) in [4.78, 5) is 23.6. The molecule has 1 rings (SSSR count). The highest BCUT2D eigenvalue weighted by Crippen LogP contribution is 2.16. The molecule has 0 atom stereocenters. The van der Waals surface area contributed by atoms with Crippen molar-refractivity contribution in [1.82, 2.24) is 5.32 Å². The van der Waals surface area contributed by atoms with E-state index in [2.05, 4.69) is 10.6 Å². The third kappa shape index (κ3) is 5.40. The van der Waals surface area contributed by atoms with Gasteiger partial charge in [-0.2, -0.15) is 0 Å². The number of nitrogens with one attached hydrogen (secondary N) is 2. The summed E-state index contributed by atoms with van der Waals surface area (Å²) in [7, 11) is 0. The highest BCUT2D eigenvalue weighted by atomic mass is 16.5. The van der Waals surface area contributed by atoms with E-state index in [0.717, 1.165) is 0 Å². The van der Waals surface area contributed by atoms with Crippen LogP contribution in [-0.2, 0) is 9.53 Å². The van der Waals surface area contributed by atoms with Gasteiger partial charge in [-0.25, -0.2) is 4.79 Å². The molecule has 0 aliphatic carbocycles. The lowest BCUT2D eigenvalue weighted by Gasteiger charge is -2.20. The predicted octanol–water partition coefficient (Wildman–Crippen LogP) is 2.19. The van der Waals surface area contributed by atoms with Crippen LogP contribution in [0.3, 0.4) is 0 Å². The Morgan fingerprint density at radius 1 is 1.20 bits per heavy atom. The van der Waals surface area contributed by atoms with Crippen LogP contribution in [0.1, 0.15) is 38.1 Å². The number of hydrogen-bond donors (Lipinski definition) is 2. The highest BCUT2D eigenvalue weighted by molar-refractivity contribution is 6.01. The normalized spacial score (nSPS) is 11.0. The van der Waals surface area contributed by atoms with Crippen LogP contribution in [0.5, 0.6) is 0 Å². The third-order valence-electron chi connectivity index (χ3n) is 2.48. The number of esters is 1. The topological polar surface area (TPSA) is 67.4 Å². The van der Waals surface area contributed by atoms with Gasteiger partial charge >= 0.3 is 5.97 Å². The minimum atomic E-state index is -0.438. The fraction of sp³-hybridized carbons (Fsp3) is 0.467. The highest BCUT2D eigenvalue weighted by Gasteiger charge is 2.15. The van der Waals surface area contributed by atoms with Crippen LogP contribution >= 0.6 is 0 Å². The number of carbonyl (C=O) groups is 2. The first kappa shape index (κ1) is 16.2. The second kappa shape index (κ2) is 7.05. The van der Waals surface area contributed by atoms with E-state index < -0.39 is 5.97 Å². The summed E-state index contributed by atoms with van der Waals surface area (Å²) in [6.45, 7) is 8.16. The van der Waals surface area contributed by atoms with Crippen molar-refractivity contribution in [2.24, 2.45) is 0 Å². The second-order valence-electron chi connectivity index (χ2n) is 5.42. The summed E-state index contributed by atoms with van der Waals surface area (Å²) in [6, 6.07) is 6.80. The SMILES string of the molecule is CCOC(=O)c1ccccc1NC(=O)CNC(C)(C)C. The van der Waals surface area contributed by atoms with Crippen molar-refractivity contribution in [3.8, 4) is 0 Å². The largest absolute Gasteiger partial charge is 0.462 e. The van der Waals surface area contributed by atoms with Gasteiger partial charge in [-0.15, -0.1) is 0 Å². The van der Waals surface area contributed by atoms with Crippen molar-refractivity contribution in [2.75, 3.05) is 18.5 Å². The van der Waals surface area contributed by atoms with Crippen molar-refractivity contribution >= 4 is 17.6 Å². The van der Waals surface area contributed by atoms with E-state index in [1.165, 1.54) is 0 Å². The first-order valence-corrected chi connectivity index (χ1v) is 6.64. The zero-order chi connectivity index (χ0) is 15.2. The predicted molar refractivity (Wildman–Crippen MR) is 78.8 cm³/mol. The summed E-state index contributed by atoms with van der Waals surface area (Å²) in [6.07, 6.45) is 0. The third-order valence-corrected chi connectivity index (χ3v) is 2.48. The molecule has 5 heteroatoms. The average Bonchev–Trinajstić information content (AvgIpc) is 2.36. The molecule has 110 valence electrons. The van der Waals surface area contributed by atoms with Gasteiger partial charge in [-0.05, 0) is 39.8 Å². The number of ether oxygens (including phenoxy) is 1. The minimum Gasteiger partial charge on any atom is -0.462 e. The van der Waals surface area contributed by atoms with E-state index in [0.29, 0.717) is 17.9 Å². The Morgan fingerprint density at radius 3 is 2.45 bits per heavy atom. The lowest BCUT2D eigenvalue weighted by Crippen LogP contribution is -2.41. The van der Waals surface area contributed by atoms with Crippen LogP contribution in [-0.4, -0.2) is 30.6 Å². The molecule has 0 saturated heterocycles. The molecule has 0 bridgehead atoms. The molecule has 1 amide bonds. The number of rotatable bonds is 5. The quantitative estimate of drug-likeness (QED) is 0.810. The lowest BCUT2D eigenvalue weighted by atomic mass is 10.1. The van der Waals surface area contributed by atoms with Gasteiger partial charge < -0.3 is 15.4 Å². The number of carbonyl (C=O) groups excluding carboxylic acids is 2. The van der Waals surface area contributed by atoms with Crippen molar-refractivity contribution in [2.45, 2.75) is 33.2 Å². The molecule has 0 aromatic heterocycles. The van der Waals surface area contributed by atoms with Crippen molar-refractivity contribution < 1.29 is 14.3 Å². The molecule has 0 aliphatic heterocycles. The molecular weight excluding hydrogens is 256 g/mol. The summed E-state index contributed by atoms with van der Waals surface area (Å²) in [5, 5.41) is 5.81. The Bertz CT molecular complexity index is 478. The summed E-state index contributed by atoms with van der Waals surface area (Å²) < 4.78 is 4.96. The van der Waals surface area contributed by atoms with Crippen LogP contribution in [0.2, 0.25) is 0 Å². The molecule has 0 saturated carbocycles. The Balaban J connectivity index is 2.72. The van der Waals surface area contributed by atoms with Crippen LogP contribution in [0, 0.1) is 0 Å². The maximum atomic E-state index is 11.9. The van der Waals surface area contributed by atoms with E-state index in [1.807, 2.05) is 20.8 Å². The fourth-order valence-corrected chi connectivity index (χ4v) is 1.52. The number of anilines is 1. The fourth-order valence-electron chi connectivity index (χ4n) is 1.52. The molecule has 0 unspecified atom stereocenters. The van der Waals surface area contributed by atoms with Crippen LogP contribution < -0.4 is 10.6 Å².